The van der Waals surface area contributed by atoms with Gasteiger partial charge in [0.25, 0.3) is 5.91 Å². The Labute approximate surface area is 181 Å². The lowest BCUT2D eigenvalue weighted by Crippen LogP contribution is -2.38. The molecule has 0 bridgehead atoms. The van der Waals surface area contributed by atoms with E-state index in [1.54, 1.807) is 7.11 Å². The molecule has 31 heavy (non-hydrogen) atoms. The summed E-state index contributed by atoms with van der Waals surface area (Å²) in [7, 11) is 1.63. The maximum absolute atomic E-state index is 13.1. The Morgan fingerprint density at radius 1 is 1.13 bits per heavy atom. The number of amides is 1. The molecule has 0 aliphatic carbocycles. The molecule has 0 unspecified atom stereocenters. The molecule has 2 aromatic heterocycles. The van der Waals surface area contributed by atoms with Crippen LogP contribution in [0.25, 0.3) is 11.0 Å². The molecule has 1 atom stereocenters. The number of benzene rings is 1. The zero-order valence-electron chi connectivity index (χ0n) is 18.3. The van der Waals surface area contributed by atoms with Gasteiger partial charge in [0.1, 0.15) is 11.6 Å². The van der Waals surface area contributed by atoms with Crippen LogP contribution in [0, 0.1) is 13.8 Å². The first kappa shape index (κ1) is 21.0. The van der Waals surface area contributed by atoms with Gasteiger partial charge in [-0.2, -0.15) is 0 Å². The Kier molecular flexibility index (Phi) is 5.99. The van der Waals surface area contributed by atoms with E-state index in [0.717, 1.165) is 33.8 Å². The Hall–Kier alpha value is -3.26. The summed E-state index contributed by atoms with van der Waals surface area (Å²) >= 11 is 0. The lowest BCUT2D eigenvalue weighted by Gasteiger charge is -2.29. The number of rotatable bonds is 5. The van der Waals surface area contributed by atoms with Crippen molar-refractivity contribution in [3.8, 4) is 5.75 Å². The molecule has 0 spiro atoms. The summed E-state index contributed by atoms with van der Waals surface area (Å²) in [6.07, 6.45) is 0. The van der Waals surface area contributed by atoms with Gasteiger partial charge in [-0.1, -0.05) is 12.1 Å². The van der Waals surface area contributed by atoms with Crippen LogP contribution < -0.4 is 15.0 Å². The quantitative estimate of drug-likeness (QED) is 0.677. The van der Waals surface area contributed by atoms with Crippen molar-refractivity contribution in [1.82, 2.24) is 20.3 Å². The first-order chi connectivity index (χ1) is 15.0. The fraction of sp³-hybridized carbons (Fsp3) is 0.391. The number of fused-ring (bicyclic) bond motifs is 1. The van der Waals surface area contributed by atoms with Crippen molar-refractivity contribution in [3.05, 3.63) is 53.0 Å². The molecule has 0 radical (unpaired) electrons. The molecule has 0 saturated carbocycles. The number of aryl methyl sites for hydroxylation is 2. The average molecular weight is 422 g/mol. The monoisotopic (exact) mass is 421 g/mol. The van der Waals surface area contributed by atoms with Gasteiger partial charge in [0.2, 0.25) is 5.82 Å². The largest absolute Gasteiger partial charge is 0.497 e. The van der Waals surface area contributed by atoms with E-state index in [9.17, 15) is 4.79 Å². The van der Waals surface area contributed by atoms with Gasteiger partial charge in [0.05, 0.1) is 31.8 Å². The van der Waals surface area contributed by atoms with E-state index in [1.165, 1.54) is 0 Å². The van der Waals surface area contributed by atoms with Gasteiger partial charge in [-0.25, -0.2) is 15.0 Å². The highest BCUT2D eigenvalue weighted by atomic mass is 16.5. The maximum atomic E-state index is 13.1. The summed E-state index contributed by atoms with van der Waals surface area (Å²) in [5, 5.41) is 3.88. The lowest BCUT2D eigenvalue weighted by molar-refractivity contribution is 0.0929. The highest BCUT2D eigenvalue weighted by molar-refractivity contribution is 5.97. The number of methoxy groups -OCH3 is 1. The van der Waals surface area contributed by atoms with Gasteiger partial charge < -0.3 is 19.7 Å². The summed E-state index contributed by atoms with van der Waals surface area (Å²) in [6, 6.07) is 9.40. The smallest absolute Gasteiger partial charge is 0.289 e. The van der Waals surface area contributed by atoms with Gasteiger partial charge in [-0.3, -0.25) is 4.79 Å². The average Bonchev–Trinajstić information content (AvgIpc) is 2.78. The number of aromatic nitrogens is 3. The molecule has 1 aromatic carbocycles. The molecule has 1 aliphatic heterocycles. The number of hydrogen-bond donors (Lipinski definition) is 1. The molecule has 8 nitrogen and oxygen atoms in total. The molecule has 1 N–H and O–H groups in total. The number of morpholine rings is 1. The molecule has 1 saturated heterocycles. The minimum absolute atomic E-state index is 0.117. The number of nitrogens with zero attached hydrogens (tertiary/aromatic N) is 4. The molecular weight excluding hydrogens is 394 g/mol. The van der Waals surface area contributed by atoms with Gasteiger partial charge >= 0.3 is 0 Å². The van der Waals surface area contributed by atoms with E-state index in [-0.39, 0.29) is 17.8 Å². The summed E-state index contributed by atoms with van der Waals surface area (Å²) < 4.78 is 10.7. The lowest BCUT2D eigenvalue weighted by atomic mass is 10.1. The van der Waals surface area contributed by atoms with Crippen LogP contribution in [0.15, 0.2) is 30.3 Å². The molecule has 1 amide bonds. The number of nitrogens with one attached hydrogen (secondary N) is 1. The normalized spacial score (nSPS) is 15.0. The second-order valence-corrected chi connectivity index (χ2v) is 7.72. The molecule has 3 heterocycles. The number of hydrogen-bond acceptors (Lipinski definition) is 7. The predicted molar refractivity (Wildman–Crippen MR) is 119 cm³/mol. The second kappa shape index (κ2) is 8.85. The summed E-state index contributed by atoms with van der Waals surface area (Å²) in [4.78, 5) is 29.0. The van der Waals surface area contributed by atoms with Gasteiger partial charge in [0.15, 0.2) is 5.65 Å². The Morgan fingerprint density at radius 2 is 1.84 bits per heavy atom. The van der Waals surface area contributed by atoms with E-state index < -0.39 is 0 Å². The topological polar surface area (TPSA) is 89.5 Å². The summed E-state index contributed by atoms with van der Waals surface area (Å²) in [5.74, 6) is 1.29. The second-order valence-electron chi connectivity index (χ2n) is 7.72. The van der Waals surface area contributed by atoms with E-state index >= 15 is 0 Å². The third kappa shape index (κ3) is 4.44. The van der Waals surface area contributed by atoms with E-state index in [0.29, 0.717) is 32.0 Å². The van der Waals surface area contributed by atoms with Gasteiger partial charge in [-0.15, -0.1) is 0 Å². The maximum Gasteiger partial charge on any atom is 0.289 e. The molecule has 1 fully saturated rings. The van der Waals surface area contributed by atoms with Crippen LogP contribution in [-0.4, -0.2) is 54.3 Å². The van der Waals surface area contributed by atoms with Crippen LogP contribution in [0.4, 0.5) is 5.82 Å². The summed E-state index contributed by atoms with van der Waals surface area (Å²) in [6.45, 7) is 8.55. The first-order valence-corrected chi connectivity index (χ1v) is 10.4. The predicted octanol–water partition coefficient (Wildman–Crippen LogP) is 2.98. The standard InChI is InChI=1S/C23H27N5O3/c1-14-13-15(2)24-20-19(14)22(28-9-11-31-12-10-28)27-21(26-20)23(29)25-16(3)17-5-7-18(30-4)8-6-17/h5-8,13,16H,9-12H2,1-4H3,(H,25,29)/t16-/m1/s1. The van der Waals surface area contributed by atoms with Crippen LogP contribution >= 0.6 is 0 Å². The SMILES string of the molecule is COc1ccc([C@@H](C)NC(=O)c2nc(N3CCOCC3)c3c(C)cc(C)nc3n2)cc1. The van der Waals surface area contributed by atoms with Crippen molar-refractivity contribution < 1.29 is 14.3 Å². The number of carbonyl (C=O) groups excluding carboxylic acids is 1. The van der Waals surface area contributed by atoms with Crippen molar-refractivity contribution in [1.29, 1.82) is 0 Å². The van der Waals surface area contributed by atoms with E-state index in [1.807, 2.05) is 51.1 Å². The zero-order valence-corrected chi connectivity index (χ0v) is 18.3. The molecular formula is C23H27N5O3. The third-order valence-electron chi connectivity index (χ3n) is 5.45. The summed E-state index contributed by atoms with van der Waals surface area (Å²) in [5.41, 5.74) is 3.40. The fourth-order valence-corrected chi connectivity index (χ4v) is 3.80. The third-order valence-corrected chi connectivity index (χ3v) is 5.45. The number of anilines is 1. The highest BCUT2D eigenvalue weighted by Gasteiger charge is 2.23. The minimum atomic E-state index is -0.333. The van der Waals surface area contributed by atoms with Crippen LogP contribution in [0.2, 0.25) is 0 Å². The molecule has 8 heteroatoms. The Bertz CT molecular complexity index is 1090. The minimum Gasteiger partial charge on any atom is -0.497 e. The number of carbonyl (C=O) groups is 1. The van der Waals surface area contributed by atoms with E-state index in [2.05, 4.69) is 25.2 Å². The van der Waals surface area contributed by atoms with Crippen molar-refractivity contribution in [2.75, 3.05) is 38.3 Å². The zero-order chi connectivity index (χ0) is 22.0. The fourth-order valence-electron chi connectivity index (χ4n) is 3.80. The van der Waals surface area contributed by atoms with Crippen molar-refractivity contribution in [2.45, 2.75) is 26.8 Å². The van der Waals surface area contributed by atoms with Gasteiger partial charge in [-0.05, 0) is 50.1 Å². The van der Waals surface area contributed by atoms with Crippen LogP contribution in [0.1, 0.15) is 40.4 Å². The molecule has 3 aromatic rings. The van der Waals surface area contributed by atoms with Gasteiger partial charge in [0, 0.05) is 18.8 Å². The van der Waals surface area contributed by atoms with Crippen molar-refractivity contribution in [2.24, 2.45) is 0 Å². The van der Waals surface area contributed by atoms with Crippen molar-refractivity contribution >= 4 is 22.8 Å². The Morgan fingerprint density at radius 3 is 2.52 bits per heavy atom. The molecule has 1 aliphatic rings. The van der Waals surface area contributed by atoms with E-state index in [4.69, 9.17) is 9.47 Å². The van der Waals surface area contributed by atoms with Crippen LogP contribution in [0.3, 0.4) is 0 Å². The van der Waals surface area contributed by atoms with Crippen LogP contribution in [-0.2, 0) is 4.74 Å². The molecule has 4 rings (SSSR count). The van der Waals surface area contributed by atoms with Crippen molar-refractivity contribution in [3.63, 3.8) is 0 Å². The Balaban J connectivity index is 1.68. The highest BCUT2D eigenvalue weighted by Crippen LogP contribution is 2.27. The number of pyridine rings is 1. The molecule has 162 valence electrons. The number of ether oxygens (including phenoxy) is 2. The van der Waals surface area contributed by atoms with Crippen LogP contribution in [0.5, 0.6) is 5.75 Å². The first-order valence-electron chi connectivity index (χ1n) is 10.4.